The average Bonchev–Trinajstić information content (AvgIpc) is 2.59. The van der Waals surface area contributed by atoms with Gasteiger partial charge in [-0.25, -0.2) is 4.79 Å². The second-order valence-electron chi connectivity index (χ2n) is 5.96. The van der Waals surface area contributed by atoms with Gasteiger partial charge in [-0.05, 0) is 32.8 Å². The first-order valence-electron chi connectivity index (χ1n) is 8.28. The molecule has 0 fully saturated rings. The predicted octanol–water partition coefficient (Wildman–Crippen LogP) is 2.83. The van der Waals surface area contributed by atoms with E-state index in [4.69, 9.17) is 9.47 Å². The van der Waals surface area contributed by atoms with E-state index in [2.05, 4.69) is 0 Å². The molecular weight excluding hydrogens is 328 g/mol. The van der Waals surface area contributed by atoms with Crippen molar-refractivity contribution in [3.05, 3.63) is 28.3 Å². The summed E-state index contributed by atoms with van der Waals surface area (Å²) >= 11 is 0. The van der Waals surface area contributed by atoms with Crippen molar-refractivity contribution in [3.8, 4) is 5.75 Å². The van der Waals surface area contributed by atoms with Gasteiger partial charge in [0.15, 0.2) is 6.10 Å². The molecule has 8 nitrogen and oxygen atoms in total. The van der Waals surface area contributed by atoms with Crippen molar-refractivity contribution < 1.29 is 24.0 Å². The number of nitrogens with zero attached hydrogens (tertiary/aromatic N) is 2. The van der Waals surface area contributed by atoms with Crippen LogP contribution in [0.3, 0.4) is 0 Å². The van der Waals surface area contributed by atoms with Gasteiger partial charge in [0.2, 0.25) is 0 Å². The van der Waals surface area contributed by atoms with Crippen LogP contribution in [0.15, 0.2) is 18.2 Å². The van der Waals surface area contributed by atoms with Crippen LogP contribution >= 0.6 is 0 Å². The van der Waals surface area contributed by atoms with E-state index in [9.17, 15) is 19.7 Å². The fraction of sp³-hybridized carbons (Fsp3) is 0.529. The van der Waals surface area contributed by atoms with Crippen molar-refractivity contribution in [2.45, 2.75) is 58.8 Å². The second kappa shape index (κ2) is 7.50. The summed E-state index contributed by atoms with van der Waals surface area (Å²) in [7, 11) is 0. The van der Waals surface area contributed by atoms with Crippen LogP contribution < -0.4 is 9.64 Å². The smallest absolute Gasteiger partial charge is 0.329 e. The van der Waals surface area contributed by atoms with Crippen LogP contribution in [0, 0.1) is 10.1 Å². The van der Waals surface area contributed by atoms with Crippen molar-refractivity contribution >= 4 is 23.3 Å². The molecule has 25 heavy (non-hydrogen) atoms. The Bertz CT molecular complexity index is 690. The summed E-state index contributed by atoms with van der Waals surface area (Å²) in [6.07, 6.45) is 0.0408. The maximum absolute atomic E-state index is 12.7. The van der Waals surface area contributed by atoms with Gasteiger partial charge in [0, 0.05) is 12.1 Å². The number of rotatable bonds is 6. The molecule has 0 saturated carbocycles. The molecule has 1 amide bonds. The maximum atomic E-state index is 12.7. The lowest BCUT2D eigenvalue weighted by Crippen LogP contribution is -2.52. The Kier molecular flexibility index (Phi) is 5.61. The zero-order valence-electron chi connectivity index (χ0n) is 14.7. The number of amides is 1. The summed E-state index contributed by atoms with van der Waals surface area (Å²) in [4.78, 5) is 36.9. The zero-order chi connectivity index (χ0) is 18.7. The number of anilines is 1. The van der Waals surface area contributed by atoms with E-state index in [1.165, 1.54) is 23.1 Å². The van der Waals surface area contributed by atoms with Gasteiger partial charge in [0.25, 0.3) is 11.6 Å². The molecule has 1 aliphatic rings. The molecule has 0 spiro atoms. The van der Waals surface area contributed by atoms with E-state index in [1.807, 2.05) is 6.92 Å². The largest absolute Gasteiger partial charge is 0.478 e. The number of hydrogen-bond donors (Lipinski definition) is 0. The minimum atomic E-state index is -0.916. The van der Waals surface area contributed by atoms with Crippen LogP contribution in [0.25, 0.3) is 0 Å². The van der Waals surface area contributed by atoms with E-state index in [0.29, 0.717) is 18.6 Å². The molecule has 1 aromatic rings. The molecule has 1 heterocycles. The fourth-order valence-electron chi connectivity index (χ4n) is 2.53. The number of hydrogen-bond acceptors (Lipinski definition) is 6. The van der Waals surface area contributed by atoms with Crippen LogP contribution in [0.5, 0.6) is 5.75 Å². The number of ether oxygens (including phenoxy) is 2. The Hall–Kier alpha value is -2.64. The van der Waals surface area contributed by atoms with Crippen LogP contribution in [0.2, 0.25) is 0 Å². The van der Waals surface area contributed by atoms with E-state index in [0.717, 1.165) is 0 Å². The molecule has 0 aliphatic carbocycles. The number of carbonyl (C=O) groups excluding carboxylic acids is 2. The zero-order valence-corrected chi connectivity index (χ0v) is 14.7. The molecule has 8 heteroatoms. The number of esters is 1. The molecule has 0 N–H and O–H groups in total. The van der Waals surface area contributed by atoms with Crippen molar-refractivity contribution in [2.75, 3.05) is 4.90 Å². The van der Waals surface area contributed by atoms with Gasteiger partial charge in [-0.2, -0.15) is 0 Å². The molecule has 3 unspecified atom stereocenters. The number of nitro groups is 1. The van der Waals surface area contributed by atoms with Gasteiger partial charge in [0.05, 0.1) is 16.7 Å². The first-order chi connectivity index (χ1) is 11.8. The van der Waals surface area contributed by atoms with Crippen LogP contribution in [-0.4, -0.2) is 35.0 Å². The van der Waals surface area contributed by atoms with E-state index in [1.54, 1.807) is 20.8 Å². The van der Waals surface area contributed by atoms with E-state index < -0.39 is 28.9 Å². The lowest BCUT2D eigenvalue weighted by Gasteiger charge is -2.36. The fourth-order valence-corrected chi connectivity index (χ4v) is 2.53. The highest BCUT2D eigenvalue weighted by Crippen LogP contribution is 2.38. The van der Waals surface area contributed by atoms with Gasteiger partial charge in [-0.3, -0.25) is 19.8 Å². The molecule has 1 aliphatic heterocycles. The first-order valence-corrected chi connectivity index (χ1v) is 8.28. The van der Waals surface area contributed by atoms with Crippen LogP contribution in [-0.2, 0) is 14.3 Å². The summed E-state index contributed by atoms with van der Waals surface area (Å²) < 4.78 is 10.9. The third-order valence-electron chi connectivity index (χ3n) is 4.19. The van der Waals surface area contributed by atoms with Gasteiger partial charge >= 0.3 is 5.97 Å². The quantitative estimate of drug-likeness (QED) is 0.444. The van der Waals surface area contributed by atoms with Crippen molar-refractivity contribution in [3.63, 3.8) is 0 Å². The Morgan fingerprint density at radius 3 is 2.64 bits per heavy atom. The van der Waals surface area contributed by atoms with Crippen molar-refractivity contribution in [2.24, 2.45) is 0 Å². The lowest BCUT2D eigenvalue weighted by atomic mass is 10.1. The van der Waals surface area contributed by atoms with E-state index in [-0.39, 0.29) is 17.5 Å². The van der Waals surface area contributed by atoms with E-state index >= 15 is 0 Å². The van der Waals surface area contributed by atoms with Crippen molar-refractivity contribution in [1.29, 1.82) is 0 Å². The number of carbonyl (C=O) groups is 2. The first kappa shape index (κ1) is 18.7. The molecule has 136 valence electrons. The number of nitro benzene ring substituents is 1. The lowest BCUT2D eigenvalue weighted by molar-refractivity contribution is -0.384. The Morgan fingerprint density at radius 2 is 2.08 bits per heavy atom. The molecule has 0 aromatic heterocycles. The third-order valence-corrected chi connectivity index (χ3v) is 4.19. The summed E-state index contributed by atoms with van der Waals surface area (Å²) in [5.41, 5.74) is 0.0232. The summed E-state index contributed by atoms with van der Waals surface area (Å²) in [5.74, 6) is -0.638. The number of fused-ring (bicyclic) bond motifs is 1. The third kappa shape index (κ3) is 3.72. The topological polar surface area (TPSA) is 99.0 Å². The second-order valence-corrected chi connectivity index (χ2v) is 5.96. The van der Waals surface area contributed by atoms with Crippen molar-refractivity contribution in [1.82, 2.24) is 0 Å². The summed E-state index contributed by atoms with van der Waals surface area (Å²) in [6.45, 7) is 6.98. The molecule has 2 rings (SSSR count). The highest BCUT2D eigenvalue weighted by molar-refractivity contribution is 6.04. The Balaban J connectivity index is 2.44. The molecular formula is C17H22N2O6. The SMILES string of the molecule is CCC(C)OC(=O)C(C)N1C(=O)C(CC)Oc2ccc([N+](=O)[O-])cc21. The molecule has 0 saturated heterocycles. The van der Waals surface area contributed by atoms with Gasteiger partial charge < -0.3 is 9.47 Å². The predicted molar refractivity (Wildman–Crippen MR) is 90.6 cm³/mol. The summed E-state index contributed by atoms with van der Waals surface area (Å²) in [6, 6.07) is 3.08. The minimum Gasteiger partial charge on any atom is -0.478 e. The van der Waals surface area contributed by atoms with Crippen LogP contribution in [0.1, 0.15) is 40.5 Å². The van der Waals surface area contributed by atoms with Gasteiger partial charge in [-0.15, -0.1) is 0 Å². The van der Waals surface area contributed by atoms with Crippen LogP contribution in [0.4, 0.5) is 11.4 Å². The highest BCUT2D eigenvalue weighted by atomic mass is 16.6. The van der Waals surface area contributed by atoms with Gasteiger partial charge in [-0.1, -0.05) is 13.8 Å². The Morgan fingerprint density at radius 1 is 1.40 bits per heavy atom. The molecule has 0 bridgehead atoms. The monoisotopic (exact) mass is 350 g/mol. The average molecular weight is 350 g/mol. The molecule has 3 atom stereocenters. The number of benzene rings is 1. The molecule has 1 aromatic carbocycles. The normalized spacial score (nSPS) is 18.8. The maximum Gasteiger partial charge on any atom is 0.329 e. The highest BCUT2D eigenvalue weighted by Gasteiger charge is 2.40. The summed E-state index contributed by atoms with van der Waals surface area (Å²) in [5, 5.41) is 11.1. The number of non-ortho nitro benzene ring substituents is 1. The minimum absolute atomic E-state index is 0.183. The molecule has 0 radical (unpaired) electrons. The Labute approximate surface area is 145 Å². The standard InChI is InChI=1S/C17H22N2O6/c1-5-10(3)24-17(21)11(4)18-13-9-12(19(22)23)7-8-15(13)25-14(6-2)16(18)20/h7-11,14H,5-6H2,1-4H3. The van der Waals surface area contributed by atoms with Gasteiger partial charge in [0.1, 0.15) is 11.8 Å².